The Morgan fingerprint density at radius 1 is 1.00 bits per heavy atom. The van der Waals surface area contributed by atoms with Crippen LogP contribution in [0.1, 0.15) is 31.2 Å². The molecule has 1 fully saturated rings. The summed E-state index contributed by atoms with van der Waals surface area (Å²) < 4.78 is 10.7. The molecule has 1 saturated carbocycles. The molecule has 0 unspecified atom stereocenters. The van der Waals surface area contributed by atoms with Gasteiger partial charge in [-0.1, -0.05) is 36.6 Å². The van der Waals surface area contributed by atoms with E-state index in [1.54, 1.807) is 0 Å². The van der Waals surface area contributed by atoms with Gasteiger partial charge in [-0.25, -0.2) is 0 Å². The maximum atomic E-state index is 13.1. The van der Waals surface area contributed by atoms with Crippen molar-refractivity contribution in [2.45, 2.75) is 31.1 Å². The molecule has 1 N–H and O–H groups in total. The van der Waals surface area contributed by atoms with Gasteiger partial charge in [-0.15, -0.1) is 0 Å². The number of hydrogen-bond acceptors (Lipinski definition) is 3. The first-order chi connectivity index (χ1) is 11.7. The highest BCUT2D eigenvalue weighted by Crippen LogP contribution is 2.43. The number of carbonyl (C=O) groups excluding carboxylic acids is 1. The monoisotopic (exact) mass is 343 g/mol. The Labute approximate surface area is 145 Å². The minimum Gasteiger partial charge on any atom is -0.454 e. The predicted octanol–water partition coefficient (Wildman–Crippen LogP) is 4.52. The van der Waals surface area contributed by atoms with Gasteiger partial charge in [0.1, 0.15) is 0 Å². The maximum Gasteiger partial charge on any atom is 0.235 e. The second-order valence-electron chi connectivity index (χ2n) is 6.32. The van der Waals surface area contributed by atoms with E-state index in [1.165, 1.54) is 0 Å². The highest BCUT2D eigenvalue weighted by Gasteiger charge is 2.42. The summed E-state index contributed by atoms with van der Waals surface area (Å²) in [5, 5.41) is 3.74. The van der Waals surface area contributed by atoms with Crippen LogP contribution in [0.2, 0.25) is 5.02 Å². The van der Waals surface area contributed by atoms with E-state index >= 15 is 0 Å². The van der Waals surface area contributed by atoms with Gasteiger partial charge < -0.3 is 14.8 Å². The van der Waals surface area contributed by atoms with Crippen molar-refractivity contribution < 1.29 is 14.3 Å². The normalized spacial score (nSPS) is 17.7. The third-order valence-electron chi connectivity index (χ3n) is 4.92. The quantitative estimate of drug-likeness (QED) is 0.891. The van der Waals surface area contributed by atoms with Gasteiger partial charge in [0.25, 0.3) is 0 Å². The number of nitrogens with one attached hydrogen (secondary N) is 1. The van der Waals surface area contributed by atoms with Crippen molar-refractivity contribution in [3.05, 3.63) is 53.1 Å². The van der Waals surface area contributed by atoms with Crippen LogP contribution in [0.25, 0.3) is 0 Å². The van der Waals surface area contributed by atoms with Crippen molar-refractivity contribution in [2.75, 3.05) is 12.1 Å². The van der Waals surface area contributed by atoms with Gasteiger partial charge in [-0.2, -0.15) is 0 Å². The lowest BCUT2D eigenvalue weighted by atomic mass is 9.78. The molecule has 4 rings (SSSR count). The third-order valence-corrected chi connectivity index (χ3v) is 5.17. The van der Waals surface area contributed by atoms with Crippen LogP contribution in [0.4, 0.5) is 5.69 Å². The number of benzene rings is 2. The van der Waals surface area contributed by atoms with Gasteiger partial charge in [0, 0.05) is 16.8 Å². The lowest BCUT2D eigenvalue weighted by Crippen LogP contribution is -2.37. The summed E-state index contributed by atoms with van der Waals surface area (Å²) in [5.74, 6) is 1.40. The number of amides is 1. The molecule has 1 aliphatic carbocycles. The smallest absolute Gasteiger partial charge is 0.235 e. The number of anilines is 1. The molecule has 0 radical (unpaired) electrons. The molecule has 1 amide bonds. The van der Waals surface area contributed by atoms with Gasteiger partial charge >= 0.3 is 0 Å². The Morgan fingerprint density at radius 2 is 1.71 bits per heavy atom. The minimum atomic E-state index is -0.485. The van der Waals surface area contributed by atoms with Crippen molar-refractivity contribution in [3.63, 3.8) is 0 Å². The summed E-state index contributed by atoms with van der Waals surface area (Å²) in [7, 11) is 0. The fraction of sp³-hybridized carbons (Fsp3) is 0.316. The van der Waals surface area contributed by atoms with Crippen molar-refractivity contribution >= 4 is 23.2 Å². The van der Waals surface area contributed by atoms with Crippen LogP contribution in [-0.4, -0.2) is 12.7 Å². The molecule has 5 heteroatoms. The van der Waals surface area contributed by atoms with Gasteiger partial charge in [0.2, 0.25) is 12.7 Å². The van der Waals surface area contributed by atoms with Crippen LogP contribution in [0, 0.1) is 0 Å². The summed E-state index contributed by atoms with van der Waals surface area (Å²) in [5.41, 5.74) is 1.27. The van der Waals surface area contributed by atoms with Crippen LogP contribution in [0.3, 0.4) is 0 Å². The first kappa shape index (κ1) is 15.3. The molecule has 1 aliphatic heterocycles. The number of ether oxygens (including phenoxy) is 2. The second kappa shape index (κ2) is 6.02. The number of fused-ring (bicyclic) bond motifs is 1. The Kier molecular flexibility index (Phi) is 3.85. The molecule has 1 heterocycles. The van der Waals surface area contributed by atoms with Crippen molar-refractivity contribution in [2.24, 2.45) is 0 Å². The van der Waals surface area contributed by atoms with Crippen LogP contribution in [0.15, 0.2) is 42.5 Å². The van der Waals surface area contributed by atoms with Crippen LogP contribution in [0.5, 0.6) is 11.5 Å². The Morgan fingerprint density at radius 3 is 2.46 bits per heavy atom. The van der Waals surface area contributed by atoms with E-state index < -0.39 is 5.41 Å². The number of hydrogen-bond donors (Lipinski definition) is 1. The molecule has 2 aromatic carbocycles. The fourth-order valence-corrected chi connectivity index (χ4v) is 3.75. The first-order valence-electron chi connectivity index (χ1n) is 8.15. The summed E-state index contributed by atoms with van der Waals surface area (Å²) in [6, 6.07) is 13.1. The molecular weight excluding hydrogens is 326 g/mol. The van der Waals surface area contributed by atoms with Crippen LogP contribution < -0.4 is 14.8 Å². The number of rotatable bonds is 3. The summed E-state index contributed by atoms with van der Waals surface area (Å²) in [4.78, 5) is 13.1. The fourth-order valence-electron chi connectivity index (χ4n) is 3.62. The van der Waals surface area contributed by atoms with Crippen molar-refractivity contribution in [1.82, 2.24) is 0 Å². The molecule has 0 aromatic heterocycles. The third kappa shape index (κ3) is 2.61. The lowest BCUT2D eigenvalue weighted by Gasteiger charge is -2.28. The molecule has 0 spiro atoms. The van der Waals surface area contributed by atoms with Gasteiger partial charge in [0.05, 0.1) is 5.41 Å². The van der Waals surface area contributed by atoms with E-state index in [9.17, 15) is 4.79 Å². The summed E-state index contributed by atoms with van der Waals surface area (Å²) in [6.07, 6.45) is 3.81. The zero-order chi connectivity index (χ0) is 16.6. The number of carbonyl (C=O) groups is 1. The highest BCUT2D eigenvalue weighted by molar-refractivity contribution is 6.30. The molecular formula is C19H18ClNO3. The van der Waals surface area contributed by atoms with Gasteiger partial charge in [0.15, 0.2) is 11.5 Å². The summed E-state index contributed by atoms with van der Waals surface area (Å²) >= 11 is 6.00. The summed E-state index contributed by atoms with van der Waals surface area (Å²) in [6.45, 7) is 0.224. The molecule has 24 heavy (non-hydrogen) atoms. The zero-order valence-corrected chi connectivity index (χ0v) is 13.9. The first-order valence-corrected chi connectivity index (χ1v) is 8.52. The average molecular weight is 344 g/mol. The second-order valence-corrected chi connectivity index (χ2v) is 6.75. The lowest BCUT2D eigenvalue weighted by molar-refractivity contribution is -0.121. The van der Waals surface area contributed by atoms with Crippen LogP contribution in [-0.2, 0) is 10.2 Å². The van der Waals surface area contributed by atoms with E-state index in [4.69, 9.17) is 21.1 Å². The number of halogens is 1. The SMILES string of the molecule is O=C(Nc1ccc2c(c1)OCO2)C1(c2ccc(Cl)cc2)CCCC1. The predicted molar refractivity (Wildman–Crippen MR) is 92.8 cm³/mol. The minimum absolute atomic E-state index is 0.0289. The van der Waals surface area contributed by atoms with E-state index in [0.29, 0.717) is 16.5 Å². The van der Waals surface area contributed by atoms with E-state index in [2.05, 4.69) is 5.32 Å². The van der Waals surface area contributed by atoms with Crippen molar-refractivity contribution in [3.8, 4) is 11.5 Å². The van der Waals surface area contributed by atoms with Gasteiger partial charge in [-0.3, -0.25) is 4.79 Å². The molecule has 2 aromatic rings. The Hall–Kier alpha value is -2.20. The molecule has 0 bridgehead atoms. The standard InChI is InChI=1S/C19H18ClNO3/c20-14-5-3-13(4-6-14)19(9-1-2-10-19)18(22)21-15-7-8-16-17(11-15)24-12-23-16/h3-8,11H,1-2,9-10,12H2,(H,21,22). The molecule has 0 atom stereocenters. The largest absolute Gasteiger partial charge is 0.454 e. The Balaban J connectivity index is 1.62. The van der Waals surface area contributed by atoms with E-state index in [0.717, 1.165) is 36.9 Å². The molecule has 2 aliphatic rings. The maximum absolute atomic E-state index is 13.1. The van der Waals surface area contributed by atoms with Gasteiger partial charge in [-0.05, 0) is 42.7 Å². The van der Waals surface area contributed by atoms with E-state index in [1.807, 2.05) is 42.5 Å². The van der Waals surface area contributed by atoms with Crippen LogP contribution >= 0.6 is 11.6 Å². The van der Waals surface area contributed by atoms with Crippen molar-refractivity contribution in [1.29, 1.82) is 0 Å². The zero-order valence-electron chi connectivity index (χ0n) is 13.2. The molecule has 0 saturated heterocycles. The molecule has 4 nitrogen and oxygen atoms in total. The Bertz CT molecular complexity index is 767. The topological polar surface area (TPSA) is 47.6 Å². The highest BCUT2D eigenvalue weighted by atomic mass is 35.5. The molecule has 124 valence electrons. The average Bonchev–Trinajstić information content (AvgIpc) is 3.25. The van der Waals surface area contributed by atoms with E-state index in [-0.39, 0.29) is 12.7 Å².